The van der Waals surface area contributed by atoms with E-state index in [2.05, 4.69) is 9.08 Å². The Kier molecular flexibility index (Phi) is 8.04. The molecule has 194 valence electrons. The molecule has 0 heterocycles. The molecule has 4 aromatic carbocycles. The van der Waals surface area contributed by atoms with Crippen molar-refractivity contribution in [1.82, 2.24) is 4.90 Å². The van der Waals surface area contributed by atoms with Crippen LogP contribution >= 0.6 is 0 Å². The van der Waals surface area contributed by atoms with Crippen LogP contribution in [0, 0.1) is 0 Å². The van der Waals surface area contributed by atoms with Gasteiger partial charge in [0, 0.05) is 25.2 Å². The second-order valence-electron chi connectivity index (χ2n) is 8.54. The maximum Gasteiger partial charge on any atom is 0.534 e. The number of ether oxygens (including phenoxy) is 1. The van der Waals surface area contributed by atoms with Gasteiger partial charge in [-0.05, 0) is 46.5 Å². The lowest BCUT2D eigenvalue weighted by molar-refractivity contribution is -0.0500. The van der Waals surface area contributed by atoms with E-state index in [1.807, 2.05) is 60.7 Å². The minimum atomic E-state index is -5.84. The van der Waals surface area contributed by atoms with Crippen molar-refractivity contribution < 1.29 is 30.5 Å². The normalized spacial score (nSPS) is 12.1. The van der Waals surface area contributed by atoms with Gasteiger partial charge in [-0.3, -0.25) is 4.90 Å². The average Bonchev–Trinajstić information content (AvgIpc) is 2.88. The van der Waals surface area contributed by atoms with Gasteiger partial charge in [0.15, 0.2) is 0 Å². The molecule has 0 atom stereocenters. The summed E-state index contributed by atoms with van der Waals surface area (Å²) in [6.07, 6.45) is 0.243. The van der Waals surface area contributed by atoms with Crippen LogP contribution < -0.4 is 8.92 Å². The summed E-state index contributed by atoms with van der Waals surface area (Å²) in [6, 6.07) is 27.6. The number of hydrogen-bond acceptors (Lipinski definition) is 5. The van der Waals surface area contributed by atoms with Gasteiger partial charge < -0.3 is 8.92 Å². The number of hydrogen-bond donors (Lipinski definition) is 0. The highest BCUT2D eigenvalue weighted by molar-refractivity contribution is 7.88. The summed E-state index contributed by atoms with van der Waals surface area (Å²) in [5.41, 5.74) is -3.03. The molecule has 0 bridgehead atoms. The number of benzene rings is 4. The molecule has 0 aliphatic rings. The van der Waals surface area contributed by atoms with Crippen LogP contribution in [-0.4, -0.2) is 32.5 Å². The number of alkyl halides is 3. The summed E-state index contributed by atoms with van der Waals surface area (Å²) in [6.45, 7) is 1.63. The topological polar surface area (TPSA) is 55.8 Å². The molecule has 4 aromatic rings. The van der Waals surface area contributed by atoms with E-state index in [4.69, 9.17) is 4.74 Å². The molecule has 4 rings (SSSR count). The Labute approximate surface area is 214 Å². The van der Waals surface area contributed by atoms with Gasteiger partial charge >= 0.3 is 15.6 Å². The molecule has 37 heavy (non-hydrogen) atoms. The van der Waals surface area contributed by atoms with Gasteiger partial charge in [0.2, 0.25) is 0 Å². The Morgan fingerprint density at radius 3 is 1.92 bits per heavy atom. The molecule has 0 saturated carbocycles. The smallest absolute Gasteiger partial charge is 0.497 e. The predicted molar refractivity (Wildman–Crippen MR) is 137 cm³/mol. The van der Waals surface area contributed by atoms with Gasteiger partial charge in [-0.25, -0.2) is 0 Å². The summed E-state index contributed by atoms with van der Waals surface area (Å²) in [5, 5.41) is 1.29. The first kappa shape index (κ1) is 26.5. The van der Waals surface area contributed by atoms with Crippen molar-refractivity contribution in [3.63, 3.8) is 0 Å². The number of fused-ring (bicyclic) bond motifs is 1. The van der Waals surface area contributed by atoms with E-state index in [-0.39, 0.29) is 12.2 Å². The summed E-state index contributed by atoms with van der Waals surface area (Å²) < 4.78 is 73.1. The second kappa shape index (κ2) is 11.2. The largest absolute Gasteiger partial charge is 0.534 e. The minimum Gasteiger partial charge on any atom is -0.497 e. The monoisotopic (exact) mass is 529 g/mol. The van der Waals surface area contributed by atoms with E-state index in [1.54, 1.807) is 18.2 Å². The molecule has 0 unspecified atom stereocenters. The van der Waals surface area contributed by atoms with Gasteiger partial charge in [-0.2, -0.15) is 21.6 Å². The molecular formula is C28H26F3NO4S. The summed E-state index contributed by atoms with van der Waals surface area (Å²) in [5.74, 6) is 0.146. The van der Waals surface area contributed by atoms with Crippen LogP contribution in [0.2, 0.25) is 0 Å². The Hall–Kier alpha value is -3.56. The lowest BCUT2D eigenvalue weighted by Gasteiger charge is -2.24. The maximum atomic E-state index is 13.1. The molecule has 0 fully saturated rings. The van der Waals surface area contributed by atoms with Crippen molar-refractivity contribution in [2.75, 3.05) is 13.7 Å². The molecular weight excluding hydrogens is 503 g/mol. The fourth-order valence-corrected chi connectivity index (χ4v) is 4.62. The zero-order valence-corrected chi connectivity index (χ0v) is 20.9. The van der Waals surface area contributed by atoms with Crippen molar-refractivity contribution in [3.05, 3.63) is 108 Å². The van der Waals surface area contributed by atoms with Crippen LogP contribution in [0.1, 0.15) is 16.7 Å². The predicted octanol–water partition coefficient (Wildman–Crippen LogP) is 6.32. The van der Waals surface area contributed by atoms with Crippen molar-refractivity contribution in [2.24, 2.45) is 0 Å². The summed E-state index contributed by atoms with van der Waals surface area (Å²) >= 11 is 0. The first-order valence-electron chi connectivity index (χ1n) is 11.6. The molecule has 0 aliphatic heterocycles. The van der Waals surface area contributed by atoms with E-state index in [9.17, 15) is 21.6 Å². The van der Waals surface area contributed by atoms with Crippen LogP contribution in [-0.2, 0) is 29.6 Å². The average molecular weight is 530 g/mol. The number of rotatable bonds is 10. The maximum absolute atomic E-state index is 13.1. The first-order chi connectivity index (χ1) is 17.7. The molecule has 9 heteroatoms. The zero-order valence-electron chi connectivity index (χ0n) is 20.1. The standard InChI is InChI=1S/C28H26F3NO4S/c1-35-24-14-12-23-13-15-27(36-37(33,34)28(29,30)31)25(26(23)18-24)16-17-32(19-21-8-4-2-5-9-21)20-22-10-6-3-7-11-22/h2-15,18H,16-17,19-20H2,1H3. The molecule has 0 saturated heterocycles. The molecule has 5 nitrogen and oxygen atoms in total. The lowest BCUT2D eigenvalue weighted by Crippen LogP contribution is -2.29. The quantitative estimate of drug-likeness (QED) is 0.178. The van der Waals surface area contributed by atoms with Gasteiger partial charge in [0.25, 0.3) is 0 Å². The second-order valence-corrected chi connectivity index (χ2v) is 10.1. The van der Waals surface area contributed by atoms with Gasteiger partial charge in [0.05, 0.1) is 7.11 Å². The molecule has 0 aromatic heterocycles. The molecule has 0 aliphatic carbocycles. The number of nitrogens with zero attached hydrogens (tertiary/aromatic N) is 1. The third kappa shape index (κ3) is 6.61. The van der Waals surface area contributed by atoms with Crippen molar-refractivity contribution in [1.29, 1.82) is 0 Å². The molecule has 0 amide bonds. The van der Waals surface area contributed by atoms with E-state index >= 15 is 0 Å². The molecule has 0 radical (unpaired) electrons. The van der Waals surface area contributed by atoms with Crippen LogP contribution in [0.15, 0.2) is 91.0 Å². The van der Waals surface area contributed by atoms with Crippen LogP contribution in [0.3, 0.4) is 0 Å². The lowest BCUT2D eigenvalue weighted by atomic mass is 10.00. The SMILES string of the molecule is COc1ccc2ccc(OS(=O)(=O)C(F)(F)F)c(CCN(Cc3ccccc3)Cc3ccccc3)c2c1. The van der Waals surface area contributed by atoms with Crippen molar-refractivity contribution in [2.45, 2.75) is 25.0 Å². The van der Waals surface area contributed by atoms with Crippen LogP contribution in [0.4, 0.5) is 13.2 Å². The van der Waals surface area contributed by atoms with Crippen molar-refractivity contribution in [3.8, 4) is 11.5 Å². The zero-order chi connectivity index (χ0) is 26.5. The van der Waals surface area contributed by atoms with Gasteiger partial charge in [0.1, 0.15) is 11.5 Å². The summed E-state index contributed by atoms with van der Waals surface area (Å²) in [4.78, 5) is 2.16. The Morgan fingerprint density at radius 2 is 1.38 bits per heavy atom. The fourth-order valence-electron chi connectivity index (χ4n) is 4.14. The van der Waals surface area contributed by atoms with E-state index in [0.29, 0.717) is 36.3 Å². The minimum absolute atomic E-state index is 0.243. The Bertz CT molecular complexity index is 1400. The molecule has 0 N–H and O–H groups in total. The Morgan fingerprint density at radius 1 is 0.811 bits per heavy atom. The Balaban J connectivity index is 1.71. The van der Waals surface area contributed by atoms with E-state index < -0.39 is 15.6 Å². The summed E-state index contributed by atoms with van der Waals surface area (Å²) in [7, 11) is -4.36. The fraction of sp³-hybridized carbons (Fsp3) is 0.214. The highest BCUT2D eigenvalue weighted by atomic mass is 32.2. The third-order valence-corrected chi connectivity index (χ3v) is 6.92. The van der Waals surface area contributed by atoms with Gasteiger partial charge in [-0.1, -0.05) is 72.8 Å². The highest BCUT2D eigenvalue weighted by Gasteiger charge is 2.48. The number of halogens is 3. The van der Waals surface area contributed by atoms with Crippen LogP contribution in [0.5, 0.6) is 11.5 Å². The van der Waals surface area contributed by atoms with Crippen molar-refractivity contribution >= 4 is 20.9 Å². The molecule has 0 spiro atoms. The highest BCUT2D eigenvalue weighted by Crippen LogP contribution is 2.35. The van der Waals surface area contributed by atoms with E-state index in [1.165, 1.54) is 19.2 Å². The first-order valence-corrected chi connectivity index (χ1v) is 13.0. The van der Waals surface area contributed by atoms with Gasteiger partial charge in [-0.15, -0.1) is 0 Å². The number of methoxy groups -OCH3 is 1. The van der Waals surface area contributed by atoms with E-state index in [0.717, 1.165) is 16.5 Å². The van der Waals surface area contributed by atoms with Crippen LogP contribution in [0.25, 0.3) is 10.8 Å². The third-order valence-electron chi connectivity index (χ3n) is 5.96.